The predicted octanol–water partition coefficient (Wildman–Crippen LogP) is 3.74. The highest BCUT2D eigenvalue weighted by atomic mass is 79.9. The smallest absolute Gasteiger partial charge is 0.0453 e. The number of aromatic nitrogens is 1. The highest BCUT2D eigenvalue weighted by Crippen LogP contribution is 2.23. The molecule has 0 radical (unpaired) electrons. The van der Waals surface area contributed by atoms with E-state index in [1.54, 1.807) is 6.20 Å². The fraction of sp³-hybridized carbons (Fsp3) is 0.154. The van der Waals surface area contributed by atoms with Gasteiger partial charge in [0.1, 0.15) is 0 Å². The maximum Gasteiger partial charge on any atom is 0.0453 e. The molecule has 2 N–H and O–H groups in total. The molecule has 1 unspecified atom stereocenters. The Hall–Kier alpha value is -0.900. The first-order valence-corrected chi connectivity index (χ1v) is 6.44. The zero-order chi connectivity index (χ0) is 12.3. The molecule has 1 aromatic carbocycles. The van der Waals surface area contributed by atoms with Crippen LogP contribution in [0, 0.1) is 0 Å². The average molecular weight is 312 g/mol. The Balaban J connectivity index is 2.14. The van der Waals surface area contributed by atoms with Crippen LogP contribution in [0.15, 0.2) is 47.1 Å². The first-order chi connectivity index (χ1) is 8.16. The summed E-state index contributed by atoms with van der Waals surface area (Å²) >= 11 is 9.46. The van der Waals surface area contributed by atoms with Crippen molar-refractivity contribution in [3.8, 4) is 0 Å². The van der Waals surface area contributed by atoms with E-state index < -0.39 is 0 Å². The largest absolute Gasteiger partial charge is 0.324 e. The van der Waals surface area contributed by atoms with Gasteiger partial charge in [-0.2, -0.15) is 0 Å². The molecule has 0 fully saturated rings. The quantitative estimate of drug-likeness (QED) is 0.938. The zero-order valence-corrected chi connectivity index (χ0v) is 11.4. The van der Waals surface area contributed by atoms with Gasteiger partial charge in [-0.3, -0.25) is 4.98 Å². The normalized spacial score (nSPS) is 12.4. The molecule has 4 heteroatoms. The summed E-state index contributed by atoms with van der Waals surface area (Å²) in [5.74, 6) is 0. The van der Waals surface area contributed by atoms with Crippen molar-refractivity contribution in [1.82, 2.24) is 4.98 Å². The first-order valence-electron chi connectivity index (χ1n) is 5.27. The maximum absolute atomic E-state index is 6.13. The van der Waals surface area contributed by atoms with E-state index in [1.807, 2.05) is 36.4 Å². The second kappa shape index (κ2) is 5.63. The van der Waals surface area contributed by atoms with Crippen LogP contribution in [0.25, 0.3) is 0 Å². The van der Waals surface area contributed by atoms with Gasteiger partial charge in [0.2, 0.25) is 0 Å². The SMILES string of the molecule is NC(Cc1ccc(Br)cn1)c1ccccc1Cl. The number of nitrogens with two attached hydrogens (primary N) is 1. The lowest BCUT2D eigenvalue weighted by Crippen LogP contribution is -2.14. The molecular weight excluding hydrogens is 300 g/mol. The van der Waals surface area contributed by atoms with Crippen molar-refractivity contribution in [3.63, 3.8) is 0 Å². The standard InChI is InChI=1S/C13H12BrClN2/c14-9-5-6-10(17-8-9)7-13(16)11-3-1-2-4-12(11)15/h1-6,8,13H,7,16H2. The summed E-state index contributed by atoms with van der Waals surface area (Å²) in [6.45, 7) is 0. The third-order valence-electron chi connectivity index (χ3n) is 2.52. The Labute approximate surface area is 114 Å². The number of nitrogens with zero attached hydrogens (tertiary/aromatic N) is 1. The van der Waals surface area contributed by atoms with Crippen molar-refractivity contribution in [1.29, 1.82) is 0 Å². The van der Waals surface area contributed by atoms with Gasteiger partial charge in [-0.1, -0.05) is 29.8 Å². The molecule has 0 aliphatic carbocycles. The molecule has 2 nitrogen and oxygen atoms in total. The lowest BCUT2D eigenvalue weighted by molar-refractivity contribution is 0.706. The molecule has 0 saturated heterocycles. The molecule has 2 aromatic rings. The van der Waals surface area contributed by atoms with Crippen molar-refractivity contribution in [3.05, 3.63) is 63.3 Å². The van der Waals surface area contributed by atoms with Crippen LogP contribution in [0.4, 0.5) is 0 Å². The van der Waals surface area contributed by atoms with E-state index in [9.17, 15) is 0 Å². The predicted molar refractivity (Wildman–Crippen MR) is 74.0 cm³/mol. The Kier molecular flexibility index (Phi) is 4.15. The molecule has 2 rings (SSSR count). The second-order valence-corrected chi connectivity index (χ2v) is 5.12. The van der Waals surface area contributed by atoms with Gasteiger partial charge in [-0.15, -0.1) is 0 Å². The third kappa shape index (κ3) is 3.28. The molecule has 1 aromatic heterocycles. The number of hydrogen-bond donors (Lipinski definition) is 1. The lowest BCUT2D eigenvalue weighted by Gasteiger charge is -2.13. The zero-order valence-electron chi connectivity index (χ0n) is 9.11. The van der Waals surface area contributed by atoms with E-state index in [0.717, 1.165) is 15.7 Å². The molecule has 0 bridgehead atoms. The summed E-state index contributed by atoms with van der Waals surface area (Å²) < 4.78 is 0.965. The molecule has 1 heterocycles. The number of rotatable bonds is 3. The summed E-state index contributed by atoms with van der Waals surface area (Å²) in [5, 5.41) is 0.706. The number of benzene rings is 1. The van der Waals surface area contributed by atoms with Gasteiger partial charge in [0.15, 0.2) is 0 Å². The average Bonchev–Trinajstić information content (AvgIpc) is 2.32. The molecule has 17 heavy (non-hydrogen) atoms. The van der Waals surface area contributed by atoms with Gasteiger partial charge in [0.05, 0.1) is 0 Å². The van der Waals surface area contributed by atoms with Crippen LogP contribution in [0.3, 0.4) is 0 Å². The van der Waals surface area contributed by atoms with Crippen LogP contribution in [-0.4, -0.2) is 4.98 Å². The van der Waals surface area contributed by atoms with Crippen LogP contribution in [0.5, 0.6) is 0 Å². The maximum atomic E-state index is 6.13. The van der Waals surface area contributed by atoms with E-state index in [4.69, 9.17) is 17.3 Å². The van der Waals surface area contributed by atoms with E-state index in [1.165, 1.54) is 0 Å². The third-order valence-corrected chi connectivity index (χ3v) is 3.34. The Morgan fingerprint density at radius 1 is 1.24 bits per heavy atom. The molecule has 0 aliphatic rings. The molecular formula is C13H12BrClN2. The van der Waals surface area contributed by atoms with E-state index in [0.29, 0.717) is 11.4 Å². The van der Waals surface area contributed by atoms with Gasteiger partial charge < -0.3 is 5.73 Å². The summed E-state index contributed by atoms with van der Waals surface area (Å²) in [7, 11) is 0. The van der Waals surface area contributed by atoms with Gasteiger partial charge >= 0.3 is 0 Å². The van der Waals surface area contributed by atoms with Gasteiger partial charge in [-0.25, -0.2) is 0 Å². The summed E-state index contributed by atoms with van der Waals surface area (Å²) in [5.41, 5.74) is 8.05. The van der Waals surface area contributed by atoms with Crippen molar-refractivity contribution < 1.29 is 0 Å². The highest BCUT2D eigenvalue weighted by molar-refractivity contribution is 9.10. The van der Waals surface area contributed by atoms with E-state index in [2.05, 4.69) is 20.9 Å². The lowest BCUT2D eigenvalue weighted by atomic mass is 10.0. The number of hydrogen-bond acceptors (Lipinski definition) is 2. The summed E-state index contributed by atoms with van der Waals surface area (Å²) in [6.07, 6.45) is 2.45. The van der Waals surface area contributed by atoms with Crippen LogP contribution in [-0.2, 0) is 6.42 Å². The molecule has 0 aliphatic heterocycles. The molecule has 0 saturated carbocycles. The van der Waals surface area contributed by atoms with Crippen molar-refractivity contribution in [2.45, 2.75) is 12.5 Å². The van der Waals surface area contributed by atoms with Gasteiger partial charge in [0, 0.05) is 33.8 Å². The van der Waals surface area contributed by atoms with Crippen molar-refractivity contribution in [2.75, 3.05) is 0 Å². The van der Waals surface area contributed by atoms with E-state index >= 15 is 0 Å². The topological polar surface area (TPSA) is 38.9 Å². The van der Waals surface area contributed by atoms with E-state index in [-0.39, 0.29) is 6.04 Å². The Morgan fingerprint density at radius 2 is 2.00 bits per heavy atom. The fourth-order valence-electron chi connectivity index (χ4n) is 1.64. The highest BCUT2D eigenvalue weighted by Gasteiger charge is 2.10. The monoisotopic (exact) mass is 310 g/mol. The van der Waals surface area contributed by atoms with Gasteiger partial charge in [0.25, 0.3) is 0 Å². The van der Waals surface area contributed by atoms with Crippen molar-refractivity contribution >= 4 is 27.5 Å². The van der Waals surface area contributed by atoms with Crippen molar-refractivity contribution in [2.24, 2.45) is 5.73 Å². The van der Waals surface area contributed by atoms with Gasteiger partial charge in [-0.05, 0) is 39.7 Å². The minimum Gasteiger partial charge on any atom is -0.324 e. The van der Waals surface area contributed by atoms with Crippen LogP contribution in [0.2, 0.25) is 5.02 Å². The van der Waals surface area contributed by atoms with Crippen LogP contribution in [0.1, 0.15) is 17.3 Å². The molecule has 88 valence electrons. The first kappa shape index (κ1) is 12.6. The Morgan fingerprint density at radius 3 is 2.65 bits per heavy atom. The minimum absolute atomic E-state index is 0.127. The fourth-order valence-corrected chi connectivity index (χ4v) is 2.15. The summed E-state index contributed by atoms with van der Waals surface area (Å²) in [4.78, 5) is 4.30. The molecule has 0 spiro atoms. The number of halogens is 2. The number of pyridine rings is 1. The van der Waals surface area contributed by atoms with Crippen LogP contribution >= 0.6 is 27.5 Å². The second-order valence-electron chi connectivity index (χ2n) is 3.80. The Bertz CT molecular complexity index is 499. The summed E-state index contributed by atoms with van der Waals surface area (Å²) in [6, 6.07) is 11.4. The molecule has 1 atom stereocenters. The van der Waals surface area contributed by atoms with Crippen LogP contribution < -0.4 is 5.73 Å². The minimum atomic E-state index is -0.127. The molecule has 0 amide bonds.